The second kappa shape index (κ2) is 10.7. The number of aromatic nitrogens is 4. The maximum atomic E-state index is 13.1. The van der Waals surface area contributed by atoms with E-state index in [1.807, 2.05) is 0 Å². The largest absolute Gasteiger partial charge is 0.497 e. The molecule has 0 fully saturated rings. The Bertz CT molecular complexity index is 1550. The molecular weight excluding hydrogens is 512 g/mol. The summed E-state index contributed by atoms with van der Waals surface area (Å²) in [7, 11) is 0.547. The summed E-state index contributed by atoms with van der Waals surface area (Å²) >= 11 is 0. The van der Waals surface area contributed by atoms with Crippen LogP contribution in [-0.4, -0.2) is 59.7 Å². The number of rotatable bonds is 11. The number of aliphatic hydroxyl groups is 1. The molecule has 0 spiro atoms. The van der Waals surface area contributed by atoms with Crippen molar-refractivity contribution >= 4 is 38.4 Å². The molecule has 0 atom stereocenters. The Balaban J connectivity index is 1.79. The van der Waals surface area contributed by atoms with Gasteiger partial charge < -0.3 is 24.6 Å². The number of hydrogen-bond acceptors (Lipinski definition) is 10. The van der Waals surface area contributed by atoms with Gasteiger partial charge >= 0.3 is 0 Å². The number of nitrogens with zero attached hydrogens (tertiary/aromatic N) is 4. The Labute approximate surface area is 220 Å². The van der Waals surface area contributed by atoms with E-state index in [9.17, 15) is 13.5 Å². The van der Waals surface area contributed by atoms with Gasteiger partial charge in [-0.15, -0.1) is 0 Å². The molecule has 4 rings (SSSR count). The number of methoxy groups -OCH3 is 2. The molecule has 0 aliphatic heterocycles. The average Bonchev–Trinajstić information content (AvgIpc) is 3.31. The fraction of sp³-hybridized carbons (Fsp3) is 0.320. The van der Waals surface area contributed by atoms with Crippen LogP contribution in [0.15, 0.2) is 53.7 Å². The summed E-state index contributed by atoms with van der Waals surface area (Å²) in [5.41, 5.74) is 0.477. The highest BCUT2D eigenvalue weighted by molar-refractivity contribution is 7.92. The topological polar surface area (TPSA) is 150 Å². The van der Waals surface area contributed by atoms with Crippen LogP contribution >= 0.6 is 0 Å². The summed E-state index contributed by atoms with van der Waals surface area (Å²) in [4.78, 5) is 9.13. The standard InChI is InChI=1S/C25H30N6O6S/c1-25(2,32)11-13-37-22-19(14-16(35-4)15-20(22)36-5)28-23-24(27-18-9-7-6-8-17(18)26-23)30-38(33,34)21-10-12-31(3)29-21/h6-10,12,14-15,32H,11,13H2,1-5H3,(H,26,28)(H,27,30). The van der Waals surface area contributed by atoms with Crippen LogP contribution in [-0.2, 0) is 17.1 Å². The third-order valence-corrected chi connectivity index (χ3v) is 6.69. The number of benzene rings is 2. The molecule has 12 nitrogen and oxygen atoms in total. The zero-order valence-electron chi connectivity index (χ0n) is 21.7. The lowest BCUT2D eigenvalue weighted by molar-refractivity contribution is 0.0550. The molecule has 2 heterocycles. The number of hydrogen-bond donors (Lipinski definition) is 3. The second-order valence-electron chi connectivity index (χ2n) is 9.08. The molecule has 2 aromatic carbocycles. The van der Waals surface area contributed by atoms with E-state index in [2.05, 4.69) is 25.1 Å². The fourth-order valence-electron chi connectivity index (χ4n) is 3.49. The predicted molar refractivity (Wildman–Crippen MR) is 143 cm³/mol. The smallest absolute Gasteiger partial charge is 0.282 e. The normalized spacial score (nSPS) is 11.8. The van der Waals surface area contributed by atoms with Gasteiger partial charge in [0.15, 0.2) is 28.2 Å². The van der Waals surface area contributed by atoms with Crippen molar-refractivity contribution in [2.75, 3.05) is 30.9 Å². The van der Waals surface area contributed by atoms with Gasteiger partial charge in [0.05, 0.1) is 43.1 Å². The van der Waals surface area contributed by atoms with Gasteiger partial charge in [0, 0.05) is 31.8 Å². The van der Waals surface area contributed by atoms with Crippen LogP contribution in [0.5, 0.6) is 17.2 Å². The summed E-state index contributed by atoms with van der Waals surface area (Å²) in [6, 6.07) is 11.8. The number of para-hydroxylation sites is 2. The Kier molecular flexibility index (Phi) is 7.60. The fourth-order valence-corrected chi connectivity index (χ4v) is 4.47. The molecule has 202 valence electrons. The molecule has 4 aromatic rings. The first kappa shape index (κ1) is 26.9. The molecular formula is C25H30N6O6S. The highest BCUT2D eigenvalue weighted by Gasteiger charge is 2.23. The van der Waals surface area contributed by atoms with Crippen molar-refractivity contribution in [3.63, 3.8) is 0 Å². The van der Waals surface area contributed by atoms with Crippen molar-refractivity contribution in [1.29, 1.82) is 0 Å². The van der Waals surface area contributed by atoms with Crippen LogP contribution < -0.4 is 24.2 Å². The number of sulfonamides is 1. The molecule has 38 heavy (non-hydrogen) atoms. The van der Waals surface area contributed by atoms with Gasteiger partial charge in [-0.1, -0.05) is 12.1 Å². The van der Waals surface area contributed by atoms with E-state index in [0.717, 1.165) is 0 Å². The van der Waals surface area contributed by atoms with Crippen molar-refractivity contribution < 1.29 is 27.7 Å². The molecule has 0 bridgehead atoms. The van der Waals surface area contributed by atoms with E-state index in [-0.39, 0.29) is 23.3 Å². The second-order valence-corrected chi connectivity index (χ2v) is 10.7. The van der Waals surface area contributed by atoms with Crippen LogP contribution in [0.2, 0.25) is 0 Å². The van der Waals surface area contributed by atoms with E-state index in [1.165, 1.54) is 31.2 Å². The third kappa shape index (κ3) is 6.23. The van der Waals surface area contributed by atoms with Crippen molar-refractivity contribution in [2.24, 2.45) is 7.05 Å². The van der Waals surface area contributed by atoms with Gasteiger partial charge in [0.2, 0.25) is 0 Å². The van der Waals surface area contributed by atoms with Gasteiger partial charge in [0.25, 0.3) is 10.0 Å². The molecule has 0 saturated carbocycles. The maximum absolute atomic E-state index is 13.1. The monoisotopic (exact) mass is 542 g/mol. The van der Waals surface area contributed by atoms with Crippen molar-refractivity contribution in [3.8, 4) is 17.2 Å². The number of aryl methyl sites for hydroxylation is 1. The quantitative estimate of drug-likeness (QED) is 0.257. The first-order valence-electron chi connectivity index (χ1n) is 11.7. The summed E-state index contributed by atoms with van der Waals surface area (Å²) in [5.74, 6) is 1.23. The zero-order chi connectivity index (χ0) is 27.5. The van der Waals surface area contributed by atoms with E-state index in [0.29, 0.717) is 40.4 Å². The molecule has 13 heteroatoms. The van der Waals surface area contributed by atoms with Gasteiger partial charge in [0.1, 0.15) is 5.75 Å². The lowest BCUT2D eigenvalue weighted by Gasteiger charge is -2.21. The molecule has 2 aromatic heterocycles. The van der Waals surface area contributed by atoms with Crippen LogP contribution in [0.4, 0.5) is 17.3 Å². The molecule has 0 saturated heterocycles. The van der Waals surface area contributed by atoms with Gasteiger partial charge in [-0.25, -0.2) is 9.97 Å². The van der Waals surface area contributed by atoms with Gasteiger partial charge in [-0.05, 0) is 32.0 Å². The summed E-state index contributed by atoms with van der Waals surface area (Å²) in [5, 5.41) is 17.1. The minimum Gasteiger partial charge on any atom is -0.497 e. The minimum atomic E-state index is -4.08. The minimum absolute atomic E-state index is 0.0430. The molecule has 0 unspecified atom stereocenters. The summed E-state index contributed by atoms with van der Waals surface area (Å²) in [6.07, 6.45) is 1.88. The van der Waals surface area contributed by atoms with Crippen molar-refractivity contribution in [1.82, 2.24) is 19.7 Å². The van der Waals surface area contributed by atoms with Crippen LogP contribution in [0.1, 0.15) is 20.3 Å². The average molecular weight is 543 g/mol. The highest BCUT2D eigenvalue weighted by atomic mass is 32.2. The van der Waals surface area contributed by atoms with Gasteiger partial charge in [-0.3, -0.25) is 9.40 Å². The zero-order valence-corrected chi connectivity index (χ0v) is 22.5. The van der Waals surface area contributed by atoms with Crippen LogP contribution in [0, 0.1) is 0 Å². The van der Waals surface area contributed by atoms with Crippen molar-refractivity contribution in [2.45, 2.75) is 30.9 Å². The Hall–Kier alpha value is -4.10. The number of fused-ring (bicyclic) bond motifs is 1. The number of ether oxygens (including phenoxy) is 3. The van der Waals surface area contributed by atoms with Gasteiger partial charge in [-0.2, -0.15) is 13.5 Å². The molecule has 0 radical (unpaired) electrons. The molecule has 3 N–H and O–H groups in total. The van der Waals surface area contributed by atoms with Crippen LogP contribution in [0.3, 0.4) is 0 Å². The van der Waals surface area contributed by atoms with E-state index >= 15 is 0 Å². The Morgan fingerprint density at radius 3 is 2.29 bits per heavy atom. The number of nitrogens with one attached hydrogen (secondary N) is 2. The van der Waals surface area contributed by atoms with Crippen LogP contribution in [0.25, 0.3) is 11.0 Å². The third-order valence-electron chi connectivity index (χ3n) is 5.46. The first-order valence-corrected chi connectivity index (χ1v) is 13.1. The molecule has 0 amide bonds. The first-order chi connectivity index (χ1) is 18.0. The van der Waals surface area contributed by atoms with E-state index < -0.39 is 15.6 Å². The Morgan fingerprint density at radius 1 is 1.03 bits per heavy atom. The number of anilines is 3. The summed E-state index contributed by atoms with van der Waals surface area (Å²) in [6.45, 7) is 3.56. The van der Waals surface area contributed by atoms with Crippen molar-refractivity contribution in [3.05, 3.63) is 48.7 Å². The highest BCUT2D eigenvalue weighted by Crippen LogP contribution is 2.42. The maximum Gasteiger partial charge on any atom is 0.282 e. The molecule has 0 aliphatic rings. The lowest BCUT2D eigenvalue weighted by Crippen LogP contribution is -2.22. The SMILES string of the molecule is COc1cc(Nc2nc3ccccc3nc2NS(=O)(=O)c2ccn(C)n2)c(OCCC(C)(C)O)c(OC)c1. The lowest BCUT2D eigenvalue weighted by atomic mass is 10.1. The Morgan fingerprint density at radius 2 is 1.71 bits per heavy atom. The molecule has 0 aliphatic carbocycles. The van der Waals surface area contributed by atoms with E-state index in [1.54, 1.807) is 57.3 Å². The predicted octanol–water partition coefficient (Wildman–Crippen LogP) is 3.46. The van der Waals surface area contributed by atoms with E-state index in [4.69, 9.17) is 14.2 Å². The summed E-state index contributed by atoms with van der Waals surface area (Å²) < 4.78 is 47.0.